The van der Waals surface area contributed by atoms with Gasteiger partial charge in [0, 0.05) is 50.6 Å². The quantitative estimate of drug-likeness (QED) is 0.574. The Morgan fingerprint density at radius 3 is 2.96 bits per heavy atom. The third-order valence-corrected chi connectivity index (χ3v) is 5.16. The summed E-state index contributed by atoms with van der Waals surface area (Å²) in [6, 6.07) is 12.0. The lowest BCUT2D eigenvalue weighted by atomic mass is 10.1. The minimum atomic E-state index is -0.161. The summed E-state index contributed by atoms with van der Waals surface area (Å²) >= 11 is 0. The predicted molar refractivity (Wildman–Crippen MR) is 106 cm³/mol. The van der Waals surface area contributed by atoms with E-state index >= 15 is 0 Å². The first kappa shape index (κ1) is 16.8. The second kappa shape index (κ2) is 6.97. The summed E-state index contributed by atoms with van der Waals surface area (Å²) in [5.41, 5.74) is 2.85. The fourth-order valence-corrected chi connectivity index (χ4v) is 3.61. The number of pyridine rings is 1. The van der Waals surface area contributed by atoms with Crippen LogP contribution in [0.1, 0.15) is 5.56 Å². The molecule has 8 heteroatoms. The van der Waals surface area contributed by atoms with Crippen LogP contribution >= 0.6 is 0 Å². The Morgan fingerprint density at radius 2 is 2.07 bits per heavy atom. The molecule has 1 aromatic carbocycles. The average molecular weight is 376 g/mol. The van der Waals surface area contributed by atoms with Crippen LogP contribution in [0.2, 0.25) is 0 Å². The van der Waals surface area contributed by atoms with Crippen LogP contribution in [0.3, 0.4) is 0 Å². The second-order valence-electron chi connectivity index (χ2n) is 6.98. The number of hydrogen-bond acceptors (Lipinski definition) is 5. The number of urea groups is 1. The monoisotopic (exact) mass is 376 g/mol. The highest BCUT2D eigenvalue weighted by atomic mass is 16.5. The number of fused-ring (bicyclic) bond motifs is 2. The Bertz CT molecular complexity index is 1130. The van der Waals surface area contributed by atoms with Gasteiger partial charge in [-0.3, -0.25) is 10.2 Å². The summed E-state index contributed by atoms with van der Waals surface area (Å²) in [5.74, 6) is 0.412. The molecule has 5 rings (SSSR count). The van der Waals surface area contributed by atoms with Gasteiger partial charge in [-0.15, -0.1) is 0 Å². The van der Waals surface area contributed by atoms with Gasteiger partial charge in [0.15, 0.2) is 5.82 Å². The van der Waals surface area contributed by atoms with Crippen molar-refractivity contribution in [3.05, 3.63) is 54.4 Å². The van der Waals surface area contributed by atoms with Crippen molar-refractivity contribution in [1.82, 2.24) is 24.9 Å². The van der Waals surface area contributed by atoms with Crippen molar-refractivity contribution in [2.24, 2.45) is 0 Å². The molecular formula is C20H20N6O2. The van der Waals surface area contributed by atoms with E-state index in [1.807, 2.05) is 17.2 Å². The molecule has 0 bridgehead atoms. The van der Waals surface area contributed by atoms with Crippen molar-refractivity contribution >= 4 is 33.9 Å². The molecule has 1 saturated heterocycles. The number of amides is 2. The summed E-state index contributed by atoms with van der Waals surface area (Å²) in [5, 5.41) is 8.67. The van der Waals surface area contributed by atoms with Crippen molar-refractivity contribution in [2.45, 2.75) is 6.54 Å². The molecule has 0 radical (unpaired) electrons. The number of aromatic amines is 1. The highest BCUT2D eigenvalue weighted by Crippen LogP contribution is 2.21. The zero-order chi connectivity index (χ0) is 18.9. The summed E-state index contributed by atoms with van der Waals surface area (Å²) in [7, 11) is 0. The van der Waals surface area contributed by atoms with Gasteiger partial charge in [0.05, 0.1) is 5.39 Å². The number of aromatic nitrogens is 3. The number of nitrogens with zero attached hydrogens (tertiary/aromatic N) is 4. The van der Waals surface area contributed by atoms with Crippen molar-refractivity contribution in [3.8, 4) is 0 Å². The minimum Gasteiger partial charge on any atom is -0.361 e. The SMILES string of the molecule is O=C(Nc1noc2ncccc12)N1CCN(Cc2ccc3cc[nH]c3c2)CC1. The Morgan fingerprint density at radius 1 is 1.18 bits per heavy atom. The summed E-state index contributed by atoms with van der Waals surface area (Å²) in [4.78, 5) is 24.1. The van der Waals surface area contributed by atoms with Crippen LogP contribution in [0.5, 0.6) is 0 Å². The van der Waals surface area contributed by atoms with Gasteiger partial charge in [-0.25, -0.2) is 9.78 Å². The first-order chi connectivity index (χ1) is 13.8. The van der Waals surface area contributed by atoms with E-state index in [0.717, 1.165) is 25.2 Å². The molecule has 3 aromatic heterocycles. The summed E-state index contributed by atoms with van der Waals surface area (Å²) in [6.45, 7) is 3.88. The fraction of sp³-hybridized carbons (Fsp3) is 0.250. The van der Waals surface area contributed by atoms with Crippen LogP contribution in [0.4, 0.5) is 10.6 Å². The number of rotatable bonds is 3. The molecule has 1 fully saturated rings. The fourth-order valence-electron chi connectivity index (χ4n) is 3.61. The van der Waals surface area contributed by atoms with Gasteiger partial charge in [-0.05, 0) is 35.2 Å². The molecular weight excluding hydrogens is 356 g/mol. The number of carbonyl (C=O) groups excluding carboxylic acids is 1. The average Bonchev–Trinajstić information content (AvgIpc) is 3.35. The first-order valence-corrected chi connectivity index (χ1v) is 9.31. The van der Waals surface area contributed by atoms with Crippen molar-refractivity contribution < 1.29 is 9.32 Å². The molecule has 4 heterocycles. The van der Waals surface area contributed by atoms with Gasteiger partial charge >= 0.3 is 6.03 Å². The topological polar surface area (TPSA) is 90.3 Å². The molecule has 1 aliphatic heterocycles. The van der Waals surface area contributed by atoms with E-state index in [1.54, 1.807) is 12.3 Å². The lowest BCUT2D eigenvalue weighted by Crippen LogP contribution is -2.49. The van der Waals surface area contributed by atoms with E-state index < -0.39 is 0 Å². The van der Waals surface area contributed by atoms with Crippen LogP contribution in [-0.2, 0) is 6.54 Å². The van der Waals surface area contributed by atoms with E-state index in [0.29, 0.717) is 30.0 Å². The van der Waals surface area contributed by atoms with E-state index in [2.05, 4.69) is 49.6 Å². The summed E-state index contributed by atoms with van der Waals surface area (Å²) in [6.07, 6.45) is 3.59. The maximum absolute atomic E-state index is 12.6. The van der Waals surface area contributed by atoms with Crippen LogP contribution in [-0.4, -0.2) is 57.1 Å². The van der Waals surface area contributed by atoms with Gasteiger partial charge in [0.1, 0.15) is 0 Å². The zero-order valence-electron chi connectivity index (χ0n) is 15.3. The van der Waals surface area contributed by atoms with Crippen molar-refractivity contribution in [2.75, 3.05) is 31.5 Å². The molecule has 0 atom stereocenters. The third-order valence-electron chi connectivity index (χ3n) is 5.16. The smallest absolute Gasteiger partial charge is 0.323 e. The Labute approximate surface area is 161 Å². The molecule has 0 saturated carbocycles. The lowest BCUT2D eigenvalue weighted by Gasteiger charge is -2.34. The number of benzene rings is 1. The van der Waals surface area contributed by atoms with Crippen LogP contribution in [0, 0.1) is 0 Å². The highest BCUT2D eigenvalue weighted by molar-refractivity contribution is 5.97. The minimum absolute atomic E-state index is 0.161. The molecule has 0 unspecified atom stereocenters. The number of carbonyl (C=O) groups is 1. The maximum atomic E-state index is 12.6. The van der Waals surface area contributed by atoms with E-state index in [-0.39, 0.29) is 6.03 Å². The van der Waals surface area contributed by atoms with Crippen LogP contribution < -0.4 is 5.32 Å². The zero-order valence-corrected chi connectivity index (χ0v) is 15.3. The second-order valence-corrected chi connectivity index (χ2v) is 6.98. The first-order valence-electron chi connectivity index (χ1n) is 9.31. The predicted octanol–water partition coefficient (Wildman–Crippen LogP) is 3.05. The molecule has 2 N–H and O–H groups in total. The maximum Gasteiger partial charge on any atom is 0.323 e. The molecule has 1 aliphatic rings. The standard InChI is InChI=1S/C20H20N6O2/c27-20(23-18-16-2-1-6-22-19(16)28-24-18)26-10-8-25(9-11-26)13-14-3-4-15-5-7-21-17(15)12-14/h1-7,12,21H,8-11,13H2,(H,23,24,27). The molecule has 0 spiro atoms. The number of hydrogen-bond donors (Lipinski definition) is 2. The van der Waals surface area contributed by atoms with Crippen molar-refractivity contribution in [3.63, 3.8) is 0 Å². The van der Waals surface area contributed by atoms with Gasteiger partial charge in [0.25, 0.3) is 5.71 Å². The van der Waals surface area contributed by atoms with E-state index in [1.165, 1.54) is 10.9 Å². The van der Waals surface area contributed by atoms with Gasteiger partial charge in [-0.2, -0.15) is 0 Å². The number of nitrogens with one attached hydrogen (secondary N) is 2. The number of H-pyrrole nitrogens is 1. The molecule has 0 aliphatic carbocycles. The van der Waals surface area contributed by atoms with Gasteiger partial charge < -0.3 is 14.4 Å². The van der Waals surface area contributed by atoms with Crippen molar-refractivity contribution in [1.29, 1.82) is 0 Å². The van der Waals surface area contributed by atoms with E-state index in [9.17, 15) is 4.79 Å². The number of piperazine rings is 1. The molecule has 142 valence electrons. The van der Waals surface area contributed by atoms with Gasteiger partial charge in [-0.1, -0.05) is 17.3 Å². The Kier molecular flexibility index (Phi) is 4.17. The van der Waals surface area contributed by atoms with E-state index in [4.69, 9.17) is 4.52 Å². The van der Waals surface area contributed by atoms with Gasteiger partial charge in [0.2, 0.25) is 0 Å². The molecule has 8 nitrogen and oxygen atoms in total. The summed E-state index contributed by atoms with van der Waals surface area (Å²) < 4.78 is 5.14. The Balaban J connectivity index is 1.19. The number of anilines is 1. The molecule has 4 aromatic rings. The van der Waals surface area contributed by atoms with Crippen LogP contribution in [0.15, 0.2) is 53.3 Å². The Hall–Kier alpha value is -3.39. The molecule has 2 amide bonds. The molecule has 28 heavy (non-hydrogen) atoms. The largest absolute Gasteiger partial charge is 0.361 e. The van der Waals surface area contributed by atoms with Crippen LogP contribution in [0.25, 0.3) is 22.0 Å². The third kappa shape index (κ3) is 3.18. The normalized spacial score (nSPS) is 15.4. The highest BCUT2D eigenvalue weighted by Gasteiger charge is 2.22. The lowest BCUT2D eigenvalue weighted by molar-refractivity contribution is 0.143.